The van der Waals surface area contributed by atoms with Crippen LogP contribution >= 0.6 is 0 Å². The van der Waals surface area contributed by atoms with E-state index in [0.29, 0.717) is 17.5 Å². The molecular weight excluding hydrogens is 606 g/mol. The largest absolute Gasteiger partial charge is 0.456 e. The van der Waals surface area contributed by atoms with Crippen molar-refractivity contribution in [3.63, 3.8) is 0 Å². The summed E-state index contributed by atoms with van der Waals surface area (Å²) in [7, 11) is 0. The van der Waals surface area contributed by atoms with Crippen LogP contribution < -0.4 is 0 Å². The maximum atomic E-state index is 6.27. The highest BCUT2D eigenvalue weighted by atomic mass is 16.3. The Kier molecular flexibility index (Phi) is 5.29. The molecule has 0 saturated heterocycles. The quantitative estimate of drug-likeness (QED) is 0.193. The second kappa shape index (κ2) is 9.86. The minimum absolute atomic E-state index is 0.564. The second-order valence-corrected chi connectivity index (χ2v) is 12.3. The lowest BCUT2D eigenvalue weighted by Crippen LogP contribution is -2.01. The first-order valence-corrected chi connectivity index (χ1v) is 16.2. The first kappa shape index (κ1) is 26.3. The van der Waals surface area contributed by atoms with Crippen LogP contribution in [0.25, 0.3) is 111 Å². The van der Waals surface area contributed by atoms with Crippen molar-refractivity contribution in [2.75, 3.05) is 0 Å². The topological polar surface area (TPSA) is 78.1 Å². The predicted octanol–water partition coefficient (Wildman–Crippen LogP) is 11.7. The number of fused-ring (bicyclic) bond motifs is 11. The molecule has 0 aliphatic heterocycles. The van der Waals surface area contributed by atoms with E-state index in [9.17, 15) is 0 Å². The summed E-state index contributed by atoms with van der Waals surface area (Å²) < 4.78 is 18.8. The molecular formula is C43H23N3O3. The van der Waals surface area contributed by atoms with Crippen molar-refractivity contribution in [2.24, 2.45) is 0 Å². The Morgan fingerprint density at radius 2 is 0.653 bits per heavy atom. The monoisotopic (exact) mass is 629 g/mol. The molecule has 49 heavy (non-hydrogen) atoms. The van der Waals surface area contributed by atoms with E-state index in [4.69, 9.17) is 28.2 Å². The number of para-hydroxylation sites is 3. The van der Waals surface area contributed by atoms with E-state index in [0.717, 1.165) is 93.3 Å². The van der Waals surface area contributed by atoms with Gasteiger partial charge in [-0.3, -0.25) is 0 Å². The summed E-state index contributed by atoms with van der Waals surface area (Å²) in [6.45, 7) is 0. The van der Waals surface area contributed by atoms with Crippen LogP contribution in [-0.4, -0.2) is 15.0 Å². The molecule has 6 heteroatoms. The van der Waals surface area contributed by atoms with E-state index in [1.807, 2.05) is 84.9 Å². The lowest BCUT2D eigenvalue weighted by molar-refractivity contribution is 0.668. The maximum Gasteiger partial charge on any atom is 0.164 e. The Hall–Kier alpha value is -6.79. The SMILES string of the molecule is c1ccc2c(c1)oc1cccc(-c3nc(-c4cccc5c4ccc4oc6ccccc6c45)nc(-c4cccc5oc6ccccc6c45)n3)c12. The molecule has 7 aromatic carbocycles. The second-order valence-electron chi connectivity index (χ2n) is 12.3. The summed E-state index contributed by atoms with van der Waals surface area (Å²) >= 11 is 0. The number of benzene rings is 7. The molecule has 228 valence electrons. The molecule has 0 atom stereocenters. The zero-order chi connectivity index (χ0) is 32.1. The molecule has 6 nitrogen and oxygen atoms in total. The molecule has 0 bridgehead atoms. The van der Waals surface area contributed by atoms with Crippen molar-refractivity contribution in [2.45, 2.75) is 0 Å². The van der Waals surface area contributed by atoms with Crippen LogP contribution in [0.4, 0.5) is 0 Å². The standard InChI is InChI=1S/C43H23N3O3/c1-4-17-32-27(10-1)38-25-13-7-14-26(24(25)22-23-37(38)49-32)41-44-42(30-15-8-20-35-39(30)28-11-2-5-18-33(28)47-35)46-43(45-41)31-16-9-21-36-40(31)29-12-3-6-19-34(29)48-36/h1-23H. The van der Waals surface area contributed by atoms with Gasteiger partial charge in [-0.25, -0.2) is 15.0 Å². The summed E-state index contributed by atoms with van der Waals surface area (Å²) in [6, 6.07) is 46.9. The van der Waals surface area contributed by atoms with Gasteiger partial charge >= 0.3 is 0 Å². The fourth-order valence-electron chi connectivity index (χ4n) is 7.44. The molecule has 0 fully saturated rings. The first-order chi connectivity index (χ1) is 24.3. The Morgan fingerprint density at radius 1 is 0.265 bits per heavy atom. The van der Waals surface area contributed by atoms with Crippen LogP contribution in [0.1, 0.15) is 0 Å². The van der Waals surface area contributed by atoms with Crippen LogP contribution in [0.2, 0.25) is 0 Å². The van der Waals surface area contributed by atoms with Gasteiger partial charge in [0.05, 0.1) is 0 Å². The van der Waals surface area contributed by atoms with Crippen LogP contribution in [0.3, 0.4) is 0 Å². The zero-order valence-corrected chi connectivity index (χ0v) is 25.8. The Bertz CT molecular complexity index is 3000. The third kappa shape index (κ3) is 3.79. The molecule has 0 radical (unpaired) electrons. The Morgan fingerprint density at radius 3 is 1.20 bits per heavy atom. The van der Waals surface area contributed by atoms with Gasteiger partial charge in [-0.05, 0) is 53.2 Å². The maximum absolute atomic E-state index is 6.27. The van der Waals surface area contributed by atoms with Crippen molar-refractivity contribution in [1.29, 1.82) is 0 Å². The summed E-state index contributed by atoms with van der Waals surface area (Å²) in [4.78, 5) is 15.7. The molecule has 4 aromatic heterocycles. The Balaban J connectivity index is 1.24. The van der Waals surface area contributed by atoms with E-state index < -0.39 is 0 Å². The van der Waals surface area contributed by atoms with Crippen molar-refractivity contribution in [1.82, 2.24) is 15.0 Å². The molecule has 4 heterocycles. The highest BCUT2D eigenvalue weighted by Crippen LogP contribution is 2.41. The van der Waals surface area contributed by atoms with Crippen molar-refractivity contribution in [3.05, 3.63) is 140 Å². The zero-order valence-electron chi connectivity index (χ0n) is 25.8. The van der Waals surface area contributed by atoms with Crippen molar-refractivity contribution in [3.8, 4) is 34.2 Å². The smallest absolute Gasteiger partial charge is 0.164 e. The first-order valence-electron chi connectivity index (χ1n) is 16.2. The number of hydrogen-bond acceptors (Lipinski definition) is 6. The van der Waals surface area contributed by atoms with Crippen LogP contribution in [-0.2, 0) is 0 Å². The fraction of sp³-hybridized carbons (Fsp3) is 0. The summed E-state index contributed by atoms with van der Waals surface area (Å²) in [6.07, 6.45) is 0. The van der Waals surface area contributed by atoms with Gasteiger partial charge in [0.2, 0.25) is 0 Å². The number of hydrogen-bond donors (Lipinski definition) is 0. The molecule has 0 aliphatic carbocycles. The highest BCUT2D eigenvalue weighted by Gasteiger charge is 2.21. The minimum Gasteiger partial charge on any atom is -0.456 e. The van der Waals surface area contributed by atoms with Crippen LogP contribution in [0.5, 0.6) is 0 Å². The van der Waals surface area contributed by atoms with Gasteiger partial charge in [0.1, 0.15) is 33.5 Å². The molecule has 0 spiro atoms. The summed E-state index contributed by atoms with van der Waals surface area (Å²) in [5, 5.41) is 8.23. The summed E-state index contributed by atoms with van der Waals surface area (Å²) in [5.41, 5.74) is 7.57. The molecule has 0 saturated carbocycles. The molecule has 11 aromatic rings. The van der Waals surface area contributed by atoms with E-state index in [-0.39, 0.29) is 0 Å². The lowest BCUT2D eigenvalue weighted by Gasteiger charge is -2.12. The van der Waals surface area contributed by atoms with E-state index in [1.54, 1.807) is 0 Å². The van der Waals surface area contributed by atoms with Crippen LogP contribution in [0.15, 0.2) is 153 Å². The van der Waals surface area contributed by atoms with Gasteiger partial charge in [-0.2, -0.15) is 0 Å². The Labute approximate surface area is 277 Å². The van der Waals surface area contributed by atoms with Gasteiger partial charge in [-0.15, -0.1) is 0 Å². The minimum atomic E-state index is 0.564. The number of nitrogens with zero attached hydrogens (tertiary/aromatic N) is 3. The molecule has 0 N–H and O–H groups in total. The third-order valence-electron chi connectivity index (χ3n) is 9.56. The third-order valence-corrected chi connectivity index (χ3v) is 9.56. The van der Waals surface area contributed by atoms with Gasteiger partial charge in [0.15, 0.2) is 17.5 Å². The number of aromatic nitrogens is 3. The van der Waals surface area contributed by atoms with Crippen molar-refractivity contribution < 1.29 is 13.3 Å². The number of rotatable bonds is 3. The average Bonchev–Trinajstić information content (AvgIpc) is 3.85. The predicted molar refractivity (Wildman–Crippen MR) is 195 cm³/mol. The fourth-order valence-corrected chi connectivity index (χ4v) is 7.44. The van der Waals surface area contributed by atoms with Gasteiger partial charge in [0.25, 0.3) is 0 Å². The lowest BCUT2D eigenvalue weighted by atomic mass is 9.99. The molecule has 0 unspecified atom stereocenters. The van der Waals surface area contributed by atoms with Gasteiger partial charge in [0, 0.05) is 49.0 Å². The van der Waals surface area contributed by atoms with Crippen molar-refractivity contribution >= 4 is 76.6 Å². The molecule has 0 aliphatic rings. The number of furan rings is 3. The highest BCUT2D eigenvalue weighted by molar-refractivity contribution is 6.21. The van der Waals surface area contributed by atoms with Gasteiger partial charge in [-0.1, -0.05) is 97.1 Å². The molecule has 0 amide bonds. The van der Waals surface area contributed by atoms with Crippen LogP contribution in [0, 0.1) is 0 Å². The van der Waals surface area contributed by atoms with E-state index in [1.165, 1.54) is 0 Å². The normalized spacial score (nSPS) is 12.1. The summed E-state index contributed by atoms with van der Waals surface area (Å²) in [5.74, 6) is 1.70. The molecule has 11 rings (SSSR count). The average molecular weight is 630 g/mol. The van der Waals surface area contributed by atoms with E-state index >= 15 is 0 Å². The van der Waals surface area contributed by atoms with E-state index in [2.05, 4.69) is 54.6 Å². The van der Waals surface area contributed by atoms with Gasteiger partial charge < -0.3 is 13.3 Å².